The minimum absolute atomic E-state index is 0.0206. The van der Waals surface area contributed by atoms with E-state index in [9.17, 15) is 22.8 Å². The number of aromatic nitrogens is 1. The predicted octanol–water partition coefficient (Wildman–Crippen LogP) is 3.55. The number of alkyl halides is 3. The highest BCUT2D eigenvalue weighted by molar-refractivity contribution is 6.30. The summed E-state index contributed by atoms with van der Waals surface area (Å²) in [6.45, 7) is -0.755. The van der Waals surface area contributed by atoms with Crippen LogP contribution in [0.25, 0.3) is 0 Å². The Morgan fingerprint density at radius 2 is 1.96 bits per heavy atom. The van der Waals surface area contributed by atoms with Crippen LogP contribution in [0.3, 0.4) is 0 Å². The number of nitrogens with one attached hydrogen (secondary N) is 1. The second-order valence-electron chi connectivity index (χ2n) is 4.53. The van der Waals surface area contributed by atoms with E-state index in [4.69, 9.17) is 16.3 Å². The first kappa shape index (κ1) is 17.7. The van der Waals surface area contributed by atoms with E-state index < -0.39 is 35.9 Å². The van der Waals surface area contributed by atoms with Crippen LogP contribution in [0.1, 0.15) is 16.1 Å². The van der Waals surface area contributed by atoms with Crippen LogP contribution in [0.2, 0.25) is 5.02 Å². The van der Waals surface area contributed by atoms with Crippen LogP contribution < -0.4 is 5.32 Å². The Bertz CT molecular complexity index is 751. The molecular formula is C15H10ClF3N2O3. The number of nitrogens with zero attached hydrogens (tertiary/aromatic N) is 1. The number of anilines is 1. The number of rotatable bonds is 4. The number of ether oxygens (including phenoxy) is 1. The van der Waals surface area contributed by atoms with E-state index in [1.165, 1.54) is 18.3 Å². The Hall–Kier alpha value is -2.61. The monoisotopic (exact) mass is 358 g/mol. The Balaban J connectivity index is 2.02. The van der Waals surface area contributed by atoms with Gasteiger partial charge in [-0.15, -0.1) is 0 Å². The van der Waals surface area contributed by atoms with E-state index in [0.717, 1.165) is 6.07 Å². The van der Waals surface area contributed by atoms with Crippen molar-refractivity contribution in [1.82, 2.24) is 4.98 Å². The van der Waals surface area contributed by atoms with Crippen molar-refractivity contribution in [3.05, 3.63) is 58.9 Å². The van der Waals surface area contributed by atoms with Crippen molar-refractivity contribution in [2.24, 2.45) is 0 Å². The largest absolute Gasteiger partial charge is 0.451 e. The molecule has 0 aliphatic carbocycles. The number of esters is 1. The first-order valence-corrected chi connectivity index (χ1v) is 6.90. The summed E-state index contributed by atoms with van der Waals surface area (Å²) in [6, 6.07) is 7.42. The normalized spacial score (nSPS) is 11.0. The van der Waals surface area contributed by atoms with Gasteiger partial charge >= 0.3 is 12.1 Å². The number of pyridine rings is 1. The van der Waals surface area contributed by atoms with Crippen LogP contribution >= 0.6 is 11.6 Å². The van der Waals surface area contributed by atoms with Crippen molar-refractivity contribution in [2.75, 3.05) is 11.9 Å². The molecule has 126 valence electrons. The molecule has 1 aromatic carbocycles. The molecule has 0 spiro atoms. The summed E-state index contributed by atoms with van der Waals surface area (Å²) >= 11 is 5.54. The molecule has 0 bridgehead atoms. The summed E-state index contributed by atoms with van der Waals surface area (Å²) in [6.07, 6.45) is -3.34. The van der Waals surface area contributed by atoms with Crippen LogP contribution in [-0.2, 0) is 15.7 Å². The number of carbonyl (C=O) groups is 2. The van der Waals surface area contributed by atoms with Gasteiger partial charge in [0.1, 0.15) is 5.69 Å². The Labute approximate surface area is 139 Å². The topological polar surface area (TPSA) is 68.3 Å². The smallest absolute Gasteiger partial charge is 0.418 e. The molecule has 1 heterocycles. The van der Waals surface area contributed by atoms with Crippen molar-refractivity contribution < 1.29 is 27.5 Å². The summed E-state index contributed by atoms with van der Waals surface area (Å²) in [5.74, 6) is -1.79. The van der Waals surface area contributed by atoms with E-state index >= 15 is 0 Å². The fourth-order valence-electron chi connectivity index (χ4n) is 1.73. The predicted molar refractivity (Wildman–Crippen MR) is 79.6 cm³/mol. The molecule has 0 aliphatic rings. The average molecular weight is 359 g/mol. The molecule has 0 aliphatic heterocycles. The number of carbonyl (C=O) groups excluding carboxylic acids is 2. The lowest BCUT2D eigenvalue weighted by Gasteiger charge is -2.14. The second-order valence-corrected chi connectivity index (χ2v) is 4.96. The van der Waals surface area contributed by atoms with Crippen molar-refractivity contribution in [3.63, 3.8) is 0 Å². The van der Waals surface area contributed by atoms with Gasteiger partial charge in [0.25, 0.3) is 5.91 Å². The third-order valence-corrected chi connectivity index (χ3v) is 3.00. The standard InChI is InChI=1S/C15H10ClF3N2O3/c16-9-4-5-11(10(7-9)15(17,18)19)21-13(22)8-24-14(23)12-3-1-2-6-20-12/h1-7H,8H2,(H,21,22). The lowest BCUT2D eigenvalue weighted by atomic mass is 10.1. The van der Waals surface area contributed by atoms with Crippen molar-refractivity contribution >= 4 is 29.2 Å². The maximum atomic E-state index is 12.9. The third kappa shape index (κ3) is 4.69. The zero-order valence-electron chi connectivity index (χ0n) is 11.9. The number of halogens is 4. The molecule has 0 saturated heterocycles. The van der Waals surface area contributed by atoms with E-state index in [-0.39, 0.29) is 10.7 Å². The van der Waals surface area contributed by atoms with E-state index in [1.54, 1.807) is 12.1 Å². The fourth-order valence-corrected chi connectivity index (χ4v) is 1.91. The molecule has 0 saturated carbocycles. The SMILES string of the molecule is O=C(COC(=O)c1ccccn1)Nc1ccc(Cl)cc1C(F)(F)F. The van der Waals surface area contributed by atoms with E-state index in [1.807, 2.05) is 5.32 Å². The minimum atomic E-state index is -4.70. The molecule has 0 fully saturated rings. The number of hydrogen-bond acceptors (Lipinski definition) is 4. The summed E-state index contributed by atoms with van der Waals surface area (Å²) in [7, 11) is 0. The third-order valence-electron chi connectivity index (χ3n) is 2.77. The van der Waals surface area contributed by atoms with Gasteiger partial charge in [0, 0.05) is 11.2 Å². The molecule has 0 atom stereocenters. The van der Waals surface area contributed by atoms with Gasteiger partial charge in [0.05, 0.1) is 11.3 Å². The van der Waals surface area contributed by atoms with Crippen molar-refractivity contribution in [1.29, 1.82) is 0 Å². The second kappa shape index (κ2) is 7.31. The highest BCUT2D eigenvalue weighted by Crippen LogP contribution is 2.36. The van der Waals surface area contributed by atoms with Gasteiger partial charge in [0.2, 0.25) is 0 Å². The van der Waals surface area contributed by atoms with Gasteiger partial charge in [-0.3, -0.25) is 4.79 Å². The molecule has 24 heavy (non-hydrogen) atoms. The summed E-state index contributed by atoms with van der Waals surface area (Å²) in [5.41, 5.74) is -1.60. The summed E-state index contributed by atoms with van der Waals surface area (Å²) in [4.78, 5) is 27.0. The molecule has 0 unspecified atom stereocenters. The first-order chi connectivity index (χ1) is 11.3. The molecule has 2 aromatic rings. The van der Waals surface area contributed by atoms with Crippen LogP contribution in [0.5, 0.6) is 0 Å². The molecule has 1 amide bonds. The van der Waals surface area contributed by atoms with E-state index in [0.29, 0.717) is 6.07 Å². The van der Waals surface area contributed by atoms with Crippen LogP contribution in [0, 0.1) is 0 Å². The molecule has 2 rings (SSSR count). The highest BCUT2D eigenvalue weighted by atomic mass is 35.5. The highest BCUT2D eigenvalue weighted by Gasteiger charge is 2.34. The molecule has 5 nitrogen and oxygen atoms in total. The molecule has 9 heteroatoms. The van der Waals surface area contributed by atoms with Gasteiger partial charge in [-0.1, -0.05) is 17.7 Å². The summed E-state index contributed by atoms with van der Waals surface area (Å²) < 4.78 is 43.4. The Morgan fingerprint density at radius 3 is 2.58 bits per heavy atom. The quantitative estimate of drug-likeness (QED) is 0.849. The van der Waals surface area contributed by atoms with Crippen molar-refractivity contribution in [2.45, 2.75) is 6.18 Å². The maximum absolute atomic E-state index is 12.9. The first-order valence-electron chi connectivity index (χ1n) is 6.52. The zero-order valence-corrected chi connectivity index (χ0v) is 12.7. The van der Waals surface area contributed by atoms with Crippen LogP contribution in [-0.4, -0.2) is 23.5 Å². The van der Waals surface area contributed by atoms with Gasteiger partial charge in [-0.05, 0) is 30.3 Å². The van der Waals surface area contributed by atoms with Gasteiger partial charge in [0.15, 0.2) is 6.61 Å². The van der Waals surface area contributed by atoms with Crippen LogP contribution in [0.15, 0.2) is 42.6 Å². The molecule has 1 aromatic heterocycles. The average Bonchev–Trinajstić information content (AvgIpc) is 2.54. The van der Waals surface area contributed by atoms with E-state index in [2.05, 4.69) is 4.98 Å². The number of benzene rings is 1. The zero-order chi connectivity index (χ0) is 17.7. The molecule has 1 N–H and O–H groups in total. The van der Waals surface area contributed by atoms with Gasteiger partial charge < -0.3 is 10.1 Å². The summed E-state index contributed by atoms with van der Waals surface area (Å²) in [5, 5.41) is 1.91. The van der Waals surface area contributed by atoms with Gasteiger partial charge in [-0.25, -0.2) is 9.78 Å². The number of hydrogen-bond donors (Lipinski definition) is 1. The lowest BCUT2D eigenvalue weighted by Crippen LogP contribution is -2.23. The minimum Gasteiger partial charge on any atom is -0.451 e. The molecule has 0 radical (unpaired) electrons. The Morgan fingerprint density at radius 1 is 1.21 bits per heavy atom. The van der Waals surface area contributed by atoms with Gasteiger partial charge in [-0.2, -0.15) is 13.2 Å². The lowest BCUT2D eigenvalue weighted by molar-refractivity contribution is -0.137. The fraction of sp³-hybridized carbons (Fsp3) is 0.133. The van der Waals surface area contributed by atoms with Crippen molar-refractivity contribution in [3.8, 4) is 0 Å². The Kier molecular flexibility index (Phi) is 5.40. The van der Waals surface area contributed by atoms with Crippen LogP contribution in [0.4, 0.5) is 18.9 Å². The molecular weight excluding hydrogens is 349 g/mol. The maximum Gasteiger partial charge on any atom is 0.418 e. The number of amides is 1.